The third kappa shape index (κ3) is 3.45. The molecule has 2 aromatic heterocycles. The van der Waals surface area contributed by atoms with Crippen molar-refractivity contribution in [3.63, 3.8) is 0 Å². The Bertz CT molecular complexity index is 714. The zero-order valence-electron chi connectivity index (χ0n) is 10.8. The van der Waals surface area contributed by atoms with Gasteiger partial charge in [0.2, 0.25) is 0 Å². The Labute approximate surface area is 115 Å². The van der Waals surface area contributed by atoms with Crippen molar-refractivity contribution in [2.24, 2.45) is 0 Å². The first kappa shape index (κ1) is 14.3. The first-order valence-electron chi connectivity index (χ1n) is 5.98. The van der Waals surface area contributed by atoms with Crippen molar-refractivity contribution in [2.75, 3.05) is 11.3 Å². The number of nitrogens with zero attached hydrogens (tertiary/aromatic N) is 1. The monoisotopic (exact) mass is 297 g/mol. The molecule has 2 rings (SSSR count). The molecular formula is C11H15N5O3S. The molecule has 8 nitrogen and oxygen atoms in total. The summed E-state index contributed by atoms with van der Waals surface area (Å²) >= 11 is 0. The molecule has 0 aliphatic rings. The van der Waals surface area contributed by atoms with Gasteiger partial charge in [-0.25, -0.2) is 13.5 Å². The summed E-state index contributed by atoms with van der Waals surface area (Å²) in [5.41, 5.74) is 0.365. The lowest BCUT2D eigenvalue weighted by Crippen LogP contribution is -2.16. The Morgan fingerprint density at radius 2 is 2.15 bits per heavy atom. The normalized spacial score (nSPS) is 11.4. The van der Waals surface area contributed by atoms with E-state index < -0.39 is 15.6 Å². The number of aromatic amines is 2. The highest BCUT2D eigenvalue weighted by atomic mass is 32.2. The van der Waals surface area contributed by atoms with Gasteiger partial charge in [-0.3, -0.25) is 9.52 Å². The van der Waals surface area contributed by atoms with Crippen molar-refractivity contribution in [1.82, 2.24) is 20.5 Å². The Kier molecular flexibility index (Phi) is 4.20. The minimum atomic E-state index is -3.72. The second-order valence-electron chi connectivity index (χ2n) is 4.05. The van der Waals surface area contributed by atoms with Gasteiger partial charge in [-0.1, -0.05) is 6.92 Å². The van der Waals surface area contributed by atoms with Crippen LogP contribution in [0.5, 0.6) is 0 Å². The van der Waals surface area contributed by atoms with Crippen molar-refractivity contribution in [3.8, 4) is 0 Å². The average Bonchev–Trinajstić information content (AvgIpc) is 2.88. The van der Waals surface area contributed by atoms with Gasteiger partial charge in [-0.05, 0) is 18.7 Å². The third-order valence-corrected chi connectivity index (χ3v) is 3.84. The van der Waals surface area contributed by atoms with Gasteiger partial charge >= 0.3 is 0 Å². The minimum absolute atomic E-state index is 0.0547. The second-order valence-corrected chi connectivity index (χ2v) is 5.74. The number of aromatic nitrogens is 3. The lowest BCUT2D eigenvalue weighted by molar-refractivity contribution is 0.601. The fourth-order valence-corrected chi connectivity index (χ4v) is 2.55. The molecule has 0 aliphatic heterocycles. The molecule has 0 radical (unpaired) electrons. The molecule has 0 aromatic carbocycles. The number of rotatable bonds is 6. The summed E-state index contributed by atoms with van der Waals surface area (Å²) in [6.07, 6.45) is 1.40. The molecule has 0 aliphatic carbocycles. The van der Waals surface area contributed by atoms with Crippen LogP contribution >= 0.6 is 0 Å². The zero-order chi connectivity index (χ0) is 14.6. The van der Waals surface area contributed by atoms with Gasteiger partial charge in [-0.2, -0.15) is 5.10 Å². The standard InChI is InChI=1S/C11H15N5O3S/c1-2-12-6-8-5-9(7-13-8)20(18,19)16-10-3-4-11(17)15-14-10/h3-5,7,12-13H,2,6H2,1H3,(H,14,16)(H,15,17). The first-order valence-corrected chi connectivity index (χ1v) is 7.46. The van der Waals surface area contributed by atoms with E-state index in [-0.39, 0.29) is 10.7 Å². The van der Waals surface area contributed by atoms with Crippen LogP contribution in [-0.2, 0) is 16.6 Å². The van der Waals surface area contributed by atoms with Gasteiger partial charge in [0.1, 0.15) is 4.90 Å². The highest BCUT2D eigenvalue weighted by Gasteiger charge is 2.16. The van der Waals surface area contributed by atoms with Gasteiger partial charge in [0.25, 0.3) is 15.6 Å². The van der Waals surface area contributed by atoms with Crippen molar-refractivity contribution in [1.29, 1.82) is 0 Å². The van der Waals surface area contributed by atoms with Crippen LogP contribution in [0.3, 0.4) is 0 Å². The summed E-state index contributed by atoms with van der Waals surface area (Å²) in [5, 5.41) is 8.84. The van der Waals surface area contributed by atoms with Crippen molar-refractivity contribution in [2.45, 2.75) is 18.4 Å². The Balaban J connectivity index is 2.15. The third-order valence-electron chi connectivity index (χ3n) is 2.51. The largest absolute Gasteiger partial charge is 0.363 e. The Morgan fingerprint density at radius 1 is 1.35 bits per heavy atom. The Hall–Kier alpha value is -2.13. The van der Waals surface area contributed by atoms with Crippen LogP contribution in [-0.4, -0.2) is 30.1 Å². The molecular weight excluding hydrogens is 282 g/mol. The number of sulfonamides is 1. The van der Waals surface area contributed by atoms with Crippen LogP contribution < -0.4 is 15.6 Å². The van der Waals surface area contributed by atoms with Crippen molar-refractivity contribution in [3.05, 3.63) is 40.4 Å². The van der Waals surface area contributed by atoms with Crippen LogP contribution in [0.25, 0.3) is 0 Å². The van der Waals surface area contributed by atoms with E-state index in [2.05, 4.69) is 25.2 Å². The predicted molar refractivity (Wildman–Crippen MR) is 73.8 cm³/mol. The SMILES string of the molecule is CCNCc1cc(S(=O)(=O)Nc2ccc(=O)[nH]n2)c[nH]1. The fraction of sp³-hybridized carbons (Fsp3) is 0.273. The second kappa shape index (κ2) is 5.88. The van der Waals surface area contributed by atoms with Crippen molar-refractivity contribution < 1.29 is 8.42 Å². The van der Waals surface area contributed by atoms with Gasteiger partial charge in [-0.15, -0.1) is 0 Å². The Morgan fingerprint density at radius 3 is 2.80 bits per heavy atom. The van der Waals surface area contributed by atoms with E-state index in [0.717, 1.165) is 12.2 Å². The number of nitrogens with one attached hydrogen (secondary N) is 4. The number of hydrogen-bond acceptors (Lipinski definition) is 5. The highest BCUT2D eigenvalue weighted by molar-refractivity contribution is 7.92. The molecule has 0 saturated carbocycles. The van der Waals surface area contributed by atoms with Crippen LogP contribution in [0.1, 0.15) is 12.6 Å². The molecule has 0 unspecified atom stereocenters. The molecule has 0 bridgehead atoms. The molecule has 108 valence electrons. The molecule has 2 aromatic rings. The molecule has 2 heterocycles. The van der Waals surface area contributed by atoms with Gasteiger partial charge in [0, 0.05) is 24.5 Å². The molecule has 0 spiro atoms. The summed E-state index contributed by atoms with van der Waals surface area (Å²) in [6.45, 7) is 3.31. The van der Waals surface area contributed by atoms with Crippen LogP contribution in [0.4, 0.5) is 5.82 Å². The summed E-state index contributed by atoms with van der Waals surface area (Å²) in [4.78, 5) is 13.8. The number of H-pyrrole nitrogens is 2. The number of anilines is 1. The summed E-state index contributed by atoms with van der Waals surface area (Å²) in [5.74, 6) is 0.0547. The molecule has 0 amide bonds. The lowest BCUT2D eigenvalue weighted by atomic mass is 10.4. The quantitative estimate of drug-likeness (QED) is 0.598. The molecule has 9 heteroatoms. The van der Waals surface area contributed by atoms with Crippen LogP contribution in [0.15, 0.2) is 34.1 Å². The predicted octanol–water partition coefficient (Wildman–Crippen LogP) is 0.00830. The van der Waals surface area contributed by atoms with E-state index in [4.69, 9.17) is 0 Å². The van der Waals surface area contributed by atoms with E-state index in [1.54, 1.807) is 0 Å². The van der Waals surface area contributed by atoms with Crippen molar-refractivity contribution >= 4 is 15.8 Å². The fourth-order valence-electron chi connectivity index (χ4n) is 1.53. The maximum atomic E-state index is 12.1. The van der Waals surface area contributed by atoms with E-state index in [0.29, 0.717) is 6.54 Å². The summed E-state index contributed by atoms with van der Waals surface area (Å²) < 4.78 is 26.5. The van der Waals surface area contributed by atoms with Gasteiger partial charge in [0.15, 0.2) is 5.82 Å². The molecule has 4 N–H and O–H groups in total. The maximum Gasteiger partial charge on any atom is 0.264 e. The van der Waals surface area contributed by atoms with E-state index in [9.17, 15) is 13.2 Å². The van der Waals surface area contributed by atoms with E-state index in [1.807, 2.05) is 6.92 Å². The number of hydrogen-bond donors (Lipinski definition) is 4. The molecule has 0 atom stereocenters. The molecule has 0 fully saturated rings. The van der Waals surface area contributed by atoms with E-state index in [1.165, 1.54) is 24.4 Å². The zero-order valence-corrected chi connectivity index (χ0v) is 11.6. The maximum absolute atomic E-state index is 12.1. The molecule has 20 heavy (non-hydrogen) atoms. The minimum Gasteiger partial charge on any atom is -0.363 e. The molecule has 0 saturated heterocycles. The van der Waals surface area contributed by atoms with Gasteiger partial charge in [0.05, 0.1) is 0 Å². The lowest BCUT2D eigenvalue weighted by Gasteiger charge is -2.04. The summed E-state index contributed by atoms with van der Waals surface area (Å²) in [6, 6.07) is 4.03. The first-order chi connectivity index (χ1) is 9.51. The van der Waals surface area contributed by atoms with Gasteiger partial charge < -0.3 is 10.3 Å². The van der Waals surface area contributed by atoms with Crippen LogP contribution in [0.2, 0.25) is 0 Å². The average molecular weight is 297 g/mol. The highest BCUT2D eigenvalue weighted by Crippen LogP contribution is 2.14. The topological polar surface area (TPSA) is 120 Å². The smallest absolute Gasteiger partial charge is 0.264 e. The van der Waals surface area contributed by atoms with E-state index >= 15 is 0 Å². The summed E-state index contributed by atoms with van der Waals surface area (Å²) in [7, 11) is -3.72. The van der Waals surface area contributed by atoms with Crippen LogP contribution in [0, 0.1) is 0 Å².